The molecule has 6 rings (SSSR count). The van der Waals surface area contributed by atoms with Crippen LogP contribution >= 0.6 is 0 Å². The lowest BCUT2D eigenvalue weighted by Crippen LogP contribution is -2.38. The monoisotopic (exact) mass is 545 g/mol. The van der Waals surface area contributed by atoms with Gasteiger partial charge in [-0.25, -0.2) is 19.4 Å². The number of fused-ring (bicyclic) bond motifs is 1. The molecule has 2 aromatic heterocycles. The summed E-state index contributed by atoms with van der Waals surface area (Å²) in [7, 11) is 0. The highest BCUT2D eigenvalue weighted by Crippen LogP contribution is 2.30. The molecule has 3 heterocycles. The Balaban J connectivity index is 1.33. The van der Waals surface area contributed by atoms with Crippen LogP contribution in [0.1, 0.15) is 34.6 Å². The first-order valence-corrected chi connectivity index (χ1v) is 14.2. The molecule has 0 saturated carbocycles. The van der Waals surface area contributed by atoms with Crippen LogP contribution in [0.15, 0.2) is 78.9 Å². The van der Waals surface area contributed by atoms with Crippen molar-refractivity contribution in [2.75, 3.05) is 36.4 Å². The molecule has 2 amide bonds. The van der Waals surface area contributed by atoms with E-state index in [1.54, 1.807) is 0 Å². The average molecular weight is 546 g/mol. The largest absolute Gasteiger partial charge is 0.354 e. The van der Waals surface area contributed by atoms with Crippen molar-refractivity contribution in [1.82, 2.24) is 24.6 Å². The van der Waals surface area contributed by atoms with Gasteiger partial charge < -0.3 is 15.1 Å². The Morgan fingerprint density at radius 1 is 0.805 bits per heavy atom. The molecule has 0 spiro atoms. The minimum absolute atomic E-state index is 0.0603. The Labute approximate surface area is 240 Å². The second-order valence-electron chi connectivity index (χ2n) is 10.7. The molecule has 3 aromatic carbocycles. The fourth-order valence-electron chi connectivity index (χ4n) is 5.57. The van der Waals surface area contributed by atoms with Crippen molar-refractivity contribution in [2.24, 2.45) is 0 Å². The van der Waals surface area contributed by atoms with Gasteiger partial charge in [0.05, 0.1) is 16.8 Å². The van der Waals surface area contributed by atoms with E-state index in [-0.39, 0.29) is 6.03 Å². The van der Waals surface area contributed by atoms with Gasteiger partial charge >= 0.3 is 6.03 Å². The lowest BCUT2D eigenvalue weighted by molar-refractivity contribution is 0.215. The van der Waals surface area contributed by atoms with E-state index in [2.05, 4.69) is 22.3 Å². The summed E-state index contributed by atoms with van der Waals surface area (Å²) < 4.78 is 1.92. The van der Waals surface area contributed by atoms with Gasteiger partial charge in [0.25, 0.3) is 0 Å². The van der Waals surface area contributed by atoms with E-state index in [4.69, 9.17) is 15.1 Å². The SMILES string of the molecule is Cc1cccc(C)c1NC(=O)N1CCCN(c2nc(Cc3ccccc3)nc3c2c(C)nn3-c2ccccc2)CC1. The van der Waals surface area contributed by atoms with Gasteiger partial charge in [-0.3, -0.25) is 0 Å². The minimum Gasteiger partial charge on any atom is -0.354 e. The first-order valence-electron chi connectivity index (χ1n) is 14.2. The molecule has 1 N–H and O–H groups in total. The highest BCUT2D eigenvalue weighted by atomic mass is 16.2. The van der Waals surface area contributed by atoms with Crippen molar-refractivity contribution in [3.05, 3.63) is 107 Å². The average Bonchev–Trinajstić information content (AvgIpc) is 3.14. The molecule has 0 radical (unpaired) electrons. The number of hydrogen-bond donors (Lipinski definition) is 1. The molecule has 208 valence electrons. The Bertz CT molecular complexity index is 1660. The lowest BCUT2D eigenvalue weighted by Gasteiger charge is -2.24. The van der Waals surface area contributed by atoms with Crippen LogP contribution in [0, 0.1) is 20.8 Å². The summed E-state index contributed by atoms with van der Waals surface area (Å²) in [5.41, 5.74) is 6.84. The van der Waals surface area contributed by atoms with E-state index in [1.807, 2.05) is 97.1 Å². The summed E-state index contributed by atoms with van der Waals surface area (Å²) in [6.07, 6.45) is 1.46. The van der Waals surface area contributed by atoms with Crippen molar-refractivity contribution >= 4 is 28.6 Å². The summed E-state index contributed by atoms with van der Waals surface area (Å²) in [5.74, 6) is 1.64. The number of urea groups is 1. The summed E-state index contributed by atoms with van der Waals surface area (Å²) in [5, 5.41) is 9.02. The fraction of sp³-hybridized carbons (Fsp3) is 0.273. The minimum atomic E-state index is -0.0603. The lowest BCUT2D eigenvalue weighted by atomic mass is 10.1. The first kappa shape index (κ1) is 26.5. The molecule has 5 aromatic rings. The highest BCUT2D eigenvalue weighted by molar-refractivity contribution is 5.92. The molecular formula is C33H35N7O. The van der Waals surface area contributed by atoms with Gasteiger partial charge in [0.15, 0.2) is 5.65 Å². The Kier molecular flexibility index (Phi) is 7.37. The number of aromatic nitrogens is 4. The number of nitrogens with one attached hydrogen (secondary N) is 1. The molecule has 1 aliphatic heterocycles. The van der Waals surface area contributed by atoms with Crippen LogP contribution in [0.2, 0.25) is 0 Å². The van der Waals surface area contributed by atoms with Crippen LogP contribution in [-0.2, 0) is 6.42 Å². The molecule has 8 heteroatoms. The van der Waals surface area contributed by atoms with E-state index in [1.165, 1.54) is 0 Å². The molecule has 0 unspecified atom stereocenters. The summed E-state index contributed by atoms with van der Waals surface area (Å²) in [6, 6.07) is 26.4. The zero-order valence-electron chi connectivity index (χ0n) is 23.8. The van der Waals surface area contributed by atoms with Crippen molar-refractivity contribution < 1.29 is 4.79 Å². The topological polar surface area (TPSA) is 79.2 Å². The van der Waals surface area contributed by atoms with Gasteiger partial charge in [-0.15, -0.1) is 0 Å². The fourth-order valence-corrected chi connectivity index (χ4v) is 5.57. The maximum Gasteiger partial charge on any atom is 0.321 e. The number of amides is 2. The molecule has 1 saturated heterocycles. The van der Waals surface area contributed by atoms with E-state index in [9.17, 15) is 4.79 Å². The predicted octanol–water partition coefficient (Wildman–Crippen LogP) is 6.08. The van der Waals surface area contributed by atoms with Crippen LogP contribution in [0.4, 0.5) is 16.3 Å². The number of aryl methyl sites for hydroxylation is 3. The predicted molar refractivity (Wildman–Crippen MR) is 164 cm³/mol. The van der Waals surface area contributed by atoms with Crippen molar-refractivity contribution in [1.29, 1.82) is 0 Å². The van der Waals surface area contributed by atoms with Crippen LogP contribution in [0.3, 0.4) is 0 Å². The standard InChI is InChI=1S/C33H35N7O/c1-23-12-10-13-24(2)30(23)36-33(41)39-19-11-18-38(20-21-39)31-29-25(3)37-40(27-16-8-5-9-17-27)32(29)35-28(34-31)22-26-14-6-4-7-15-26/h4-10,12-17H,11,18-22H2,1-3H3,(H,36,41). The van der Waals surface area contributed by atoms with Crippen LogP contribution in [0.5, 0.6) is 0 Å². The zero-order chi connectivity index (χ0) is 28.3. The third kappa shape index (κ3) is 5.50. The summed E-state index contributed by atoms with van der Waals surface area (Å²) in [6.45, 7) is 8.82. The maximum atomic E-state index is 13.3. The summed E-state index contributed by atoms with van der Waals surface area (Å²) in [4.78, 5) is 27.7. The summed E-state index contributed by atoms with van der Waals surface area (Å²) >= 11 is 0. The quantitative estimate of drug-likeness (QED) is 0.290. The van der Waals surface area contributed by atoms with Crippen LogP contribution in [-0.4, -0.2) is 56.9 Å². The van der Waals surface area contributed by atoms with E-state index in [0.29, 0.717) is 26.1 Å². The molecular weight excluding hydrogens is 510 g/mol. The number of para-hydroxylation sites is 2. The number of rotatable bonds is 5. The Hall–Kier alpha value is -4.72. The van der Waals surface area contributed by atoms with Gasteiger partial charge in [-0.05, 0) is 56.0 Å². The third-order valence-electron chi connectivity index (χ3n) is 7.73. The number of anilines is 2. The molecule has 0 atom stereocenters. The second kappa shape index (κ2) is 11.4. The number of carbonyl (C=O) groups is 1. The van der Waals surface area contributed by atoms with E-state index < -0.39 is 0 Å². The normalized spacial score (nSPS) is 13.8. The van der Waals surface area contributed by atoms with E-state index >= 15 is 0 Å². The smallest absolute Gasteiger partial charge is 0.321 e. The molecule has 0 aliphatic carbocycles. The van der Waals surface area contributed by atoms with Gasteiger partial charge in [-0.2, -0.15) is 5.10 Å². The maximum absolute atomic E-state index is 13.3. The molecule has 0 bridgehead atoms. The van der Waals surface area contributed by atoms with Gasteiger partial charge in [0.2, 0.25) is 0 Å². The first-order chi connectivity index (χ1) is 20.0. The van der Waals surface area contributed by atoms with Crippen molar-refractivity contribution in [3.8, 4) is 5.69 Å². The Morgan fingerprint density at radius 3 is 2.24 bits per heavy atom. The number of nitrogens with zero attached hydrogens (tertiary/aromatic N) is 6. The Morgan fingerprint density at radius 2 is 1.51 bits per heavy atom. The molecule has 1 fully saturated rings. The number of carbonyl (C=O) groups excluding carboxylic acids is 1. The third-order valence-corrected chi connectivity index (χ3v) is 7.73. The molecule has 1 aliphatic rings. The number of hydrogen-bond acceptors (Lipinski definition) is 5. The second-order valence-corrected chi connectivity index (χ2v) is 10.7. The molecule has 41 heavy (non-hydrogen) atoms. The van der Waals surface area contributed by atoms with Crippen LogP contribution < -0.4 is 10.2 Å². The number of benzene rings is 3. The van der Waals surface area contributed by atoms with Crippen molar-refractivity contribution in [3.63, 3.8) is 0 Å². The van der Waals surface area contributed by atoms with E-state index in [0.717, 1.165) is 69.4 Å². The zero-order valence-corrected chi connectivity index (χ0v) is 23.8. The highest BCUT2D eigenvalue weighted by Gasteiger charge is 2.25. The van der Waals surface area contributed by atoms with Crippen LogP contribution in [0.25, 0.3) is 16.7 Å². The van der Waals surface area contributed by atoms with Gasteiger partial charge in [0, 0.05) is 38.3 Å². The van der Waals surface area contributed by atoms with Gasteiger partial charge in [-0.1, -0.05) is 66.7 Å². The molecule has 8 nitrogen and oxygen atoms in total. The van der Waals surface area contributed by atoms with Gasteiger partial charge in [0.1, 0.15) is 11.6 Å². The van der Waals surface area contributed by atoms with Crippen molar-refractivity contribution in [2.45, 2.75) is 33.6 Å².